The van der Waals surface area contributed by atoms with Crippen molar-refractivity contribution in [2.75, 3.05) is 6.54 Å². The maximum Gasteiger partial charge on any atom is 0.142 e. The maximum absolute atomic E-state index is 7.55. The van der Waals surface area contributed by atoms with Gasteiger partial charge in [0, 0.05) is 18.3 Å². The van der Waals surface area contributed by atoms with Gasteiger partial charge in [-0.05, 0) is 44.9 Å². The van der Waals surface area contributed by atoms with Crippen LogP contribution in [0.4, 0.5) is 0 Å². The molecule has 0 amide bonds. The van der Waals surface area contributed by atoms with Crippen molar-refractivity contribution in [3.05, 3.63) is 29.6 Å². The maximum atomic E-state index is 7.55. The molecule has 0 bridgehead atoms. The molecule has 1 saturated heterocycles. The number of amidine groups is 1. The van der Waals surface area contributed by atoms with Crippen LogP contribution >= 0.6 is 0 Å². The molecule has 0 radical (unpaired) electrons. The molecule has 0 atom stereocenters. The molecule has 1 aromatic rings. The van der Waals surface area contributed by atoms with Crippen molar-refractivity contribution < 1.29 is 0 Å². The molecule has 0 aromatic carbocycles. The van der Waals surface area contributed by atoms with E-state index in [1.807, 2.05) is 12.1 Å². The molecule has 4 nitrogen and oxygen atoms in total. The normalized spacial score (nSPS) is 19.4. The molecule has 1 aliphatic heterocycles. The fraction of sp³-hybridized carbons (Fsp3) is 0.538. The summed E-state index contributed by atoms with van der Waals surface area (Å²) in [6.07, 6.45) is 4.15. The van der Waals surface area contributed by atoms with Gasteiger partial charge in [0.25, 0.3) is 0 Å². The second-order valence-electron chi connectivity index (χ2n) is 5.26. The molecule has 1 aliphatic rings. The van der Waals surface area contributed by atoms with Gasteiger partial charge in [-0.3, -0.25) is 15.3 Å². The molecule has 92 valence electrons. The van der Waals surface area contributed by atoms with Crippen molar-refractivity contribution in [1.29, 1.82) is 5.41 Å². The van der Waals surface area contributed by atoms with E-state index >= 15 is 0 Å². The van der Waals surface area contributed by atoms with Gasteiger partial charge in [0.1, 0.15) is 11.5 Å². The summed E-state index contributed by atoms with van der Waals surface area (Å²) in [6.45, 7) is 6.47. The average molecular weight is 232 g/mol. The number of nitrogens with two attached hydrogens (primary N) is 1. The van der Waals surface area contributed by atoms with Crippen molar-refractivity contribution in [1.82, 2.24) is 9.88 Å². The van der Waals surface area contributed by atoms with E-state index in [1.165, 1.54) is 12.8 Å². The van der Waals surface area contributed by atoms with Gasteiger partial charge in [-0.25, -0.2) is 0 Å². The average Bonchev–Trinajstić information content (AvgIpc) is 2.59. The summed E-state index contributed by atoms with van der Waals surface area (Å²) < 4.78 is 0. The van der Waals surface area contributed by atoms with Crippen LogP contribution < -0.4 is 5.73 Å². The third-order valence-electron chi connectivity index (χ3n) is 3.58. The Labute approximate surface area is 102 Å². The lowest BCUT2D eigenvalue weighted by atomic mass is 10.0. The molecule has 17 heavy (non-hydrogen) atoms. The summed E-state index contributed by atoms with van der Waals surface area (Å²) >= 11 is 0. The van der Waals surface area contributed by atoms with Crippen molar-refractivity contribution in [2.24, 2.45) is 5.73 Å². The minimum Gasteiger partial charge on any atom is -0.382 e. The summed E-state index contributed by atoms with van der Waals surface area (Å²) in [6, 6.07) is 3.92. The molecule has 2 rings (SSSR count). The van der Waals surface area contributed by atoms with E-state index in [-0.39, 0.29) is 11.4 Å². The number of likely N-dealkylation sites (tertiary alicyclic amines) is 1. The SMILES string of the molecule is CC1(C)CCCN1Cc1cccnc1C(=N)N. The Morgan fingerprint density at radius 3 is 2.94 bits per heavy atom. The predicted octanol–water partition coefficient (Wildman–Crippen LogP) is 1.74. The Morgan fingerprint density at radius 1 is 1.59 bits per heavy atom. The quantitative estimate of drug-likeness (QED) is 0.616. The smallest absolute Gasteiger partial charge is 0.142 e. The van der Waals surface area contributed by atoms with Crippen LogP contribution in [-0.4, -0.2) is 27.8 Å². The highest BCUT2D eigenvalue weighted by Crippen LogP contribution is 2.29. The lowest BCUT2D eigenvalue weighted by Crippen LogP contribution is -2.38. The van der Waals surface area contributed by atoms with E-state index in [1.54, 1.807) is 6.20 Å². The van der Waals surface area contributed by atoms with Crippen molar-refractivity contribution in [3.63, 3.8) is 0 Å². The Hall–Kier alpha value is -1.42. The van der Waals surface area contributed by atoms with E-state index in [2.05, 4.69) is 23.7 Å². The van der Waals surface area contributed by atoms with Crippen LogP contribution in [0.5, 0.6) is 0 Å². The molecule has 0 spiro atoms. The highest BCUT2D eigenvalue weighted by Gasteiger charge is 2.32. The van der Waals surface area contributed by atoms with E-state index in [0.29, 0.717) is 5.69 Å². The zero-order valence-corrected chi connectivity index (χ0v) is 10.5. The molecule has 0 aliphatic carbocycles. The largest absolute Gasteiger partial charge is 0.382 e. The highest BCUT2D eigenvalue weighted by atomic mass is 15.2. The number of rotatable bonds is 3. The van der Waals surface area contributed by atoms with Crippen molar-refractivity contribution >= 4 is 5.84 Å². The number of nitrogens with one attached hydrogen (secondary N) is 1. The first-order valence-corrected chi connectivity index (χ1v) is 6.04. The van der Waals surface area contributed by atoms with Gasteiger partial charge < -0.3 is 5.73 Å². The zero-order valence-electron chi connectivity index (χ0n) is 10.5. The first kappa shape index (κ1) is 12.0. The van der Waals surface area contributed by atoms with Gasteiger partial charge in [0.15, 0.2) is 0 Å². The molecule has 0 saturated carbocycles. The fourth-order valence-corrected chi connectivity index (χ4v) is 2.47. The van der Waals surface area contributed by atoms with Crippen LogP contribution in [0.3, 0.4) is 0 Å². The second kappa shape index (κ2) is 4.45. The molecule has 2 heterocycles. The van der Waals surface area contributed by atoms with Crippen molar-refractivity contribution in [2.45, 2.75) is 38.8 Å². The third kappa shape index (κ3) is 2.47. The summed E-state index contributed by atoms with van der Waals surface area (Å²) in [5, 5.41) is 7.55. The number of aromatic nitrogens is 1. The van der Waals surface area contributed by atoms with Crippen LogP contribution in [0.15, 0.2) is 18.3 Å². The molecule has 3 N–H and O–H groups in total. The van der Waals surface area contributed by atoms with Gasteiger partial charge in [-0.1, -0.05) is 6.07 Å². The number of hydrogen-bond acceptors (Lipinski definition) is 3. The zero-order chi connectivity index (χ0) is 12.5. The number of hydrogen-bond donors (Lipinski definition) is 2. The molecule has 1 fully saturated rings. The lowest BCUT2D eigenvalue weighted by molar-refractivity contribution is 0.166. The summed E-state index contributed by atoms with van der Waals surface area (Å²) in [5.41, 5.74) is 7.47. The summed E-state index contributed by atoms with van der Waals surface area (Å²) in [4.78, 5) is 6.63. The van der Waals surface area contributed by atoms with Crippen LogP contribution in [0, 0.1) is 5.41 Å². The summed E-state index contributed by atoms with van der Waals surface area (Å²) in [5.74, 6) is 0.0533. The molecule has 0 unspecified atom stereocenters. The minimum atomic E-state index is 0.0533. The van der Waals surface area contributed by atoms with Crippen LogP contribution in [-0.2, 0) is 6.54 Å². The molecule has 4 heteroatoms. The second-order valence-corrected chi connectivity index (χ2v) is 5.26. The highest BCUT2D eigenvalue weighted by molar-refractivity contribution is 5.94. The first-order valence-electron chi connectivity index (χ1n) is 6.04. The van der Waals surface area contributed by atoms with Crippen molar-refractivity contribution in [3.8, 4) is 0 Å². The topological polar surface area (TPSA) is 66.0 Å². The minimum absolute atomic E-state index is 0.0533. The van der Waals surface area contributed by atoms with Gasteiger partial charge in [0.05, 0.1) is 0 Å². The predicted molar refractivity (Wildman–Crippen MR) is 69.0 cm³/mol. The van der Waals surface area contributed by atoms with Crippen LogP contribution in [0.25, 0.3) is 0 Å². The van der Waals surface area contributed by atoms with Gasteiger partial charge in [-0.15, -0.1) is 0 Å². The van der Waals surface area contributed by atoms with E-state index < -0.39 is 0 Å². The van der Waals surface area contributed by atoms with Crippen LogP contribution in [0.2, 0.25) is 0 Å². The Morgan fingerprint density at radius 2 is 2.35 bits per heavy atom. The number of nitrogen functional groups attached to an aromatic ring is 1. The van der Waals surface area contributed by atoms with E-state index in [9.17, 15) is 0 Å². The Bertz CT molecular complexity index is 425. The van der Waals surface area contributed by atoms with E-state index in [0.717, 1.165) is 18.7 Å². The lowest BCUT2D eigenvalue weighted by Gasteiger charge is -2.31. The van der Waals surface area contributed by atoms with Crippen LogP contribution in [0.1, 0.15) is 37.9 Å². The third-order valence-corrected chi connectivity index (χ3v) is 3.58. The molecular weight excluding hydrogens is 212 g/mol. The fourth-order valence-electron chi connectivity index (χ4n) is 2.47. The number of nitrogens with zero attached hydrogens (tertiary/aromatic N) is 2. The molecule has 1 aromatic heterocycles. The standard InChI is InChI=1S/C13H20N4/c1-13(2)6-4-8-17(13)9-10-5-3-7-16-11(10)12(14)15/h3,5,7H,4,6,8-9H2,1-2H3,(H3,14,15). The van der Waals surface area contributed by atoms with Gasteiger partial charge >= 0.3 is 0 Å². The number of pyridine rings is 1. The van der Waals surface area contributed by atoms with Gasteiger partial charge in [0.2, 0.25) is 0 Å². The van der Waals surface area contributed by atoms with E-state index in [4.69, 9.17) is 11.1 Å². The molecular formula is C13H20N4. The first-order chi connectivity index (χ1) is 8.00. The Kier molecular flexibility index (Phi) is 3.15. The summed E-state index contributed by atoms with van der Waals surface area (Å²) in [7, 11) is 0. The van der Waals surface area contributed by atoms with Gasteiger partial charge in [-0.2, -0.15) is 0 Å². The monoisotopic (exact) mass is 232 g/mol. The Balaban J connectivity index is 2.21.